The molecular weight excluding hydrogens is 297 g/mol. The van der Waals surface area contributed by atoms with Gasteiger partial charge in [0, 0.05) is 12.1 Å². The Bertz CT molecular complexity index is 783. The number of non-ortho nitro benzene ring substituents is 1. The van der Waals surface area contributed by atoms with E-state index in [2.05, 4.69) is 0 Å². The third-order valence-electron chi connectivity index (χ3n) is 2.69. The predicted molar refractivity (Wildman–Crippen MR) is 75.8 cm³/mol. The maximum absolute atomic E-state index is 14.0. The molecule has 2 rings (SSSR count). The van der Waals surface area contributed by atoms with Crippen molar-refractivity contribution in [2.45, 2.75) is 4.90 Å². The van der Waals surface area contributed by atoms with Crippen LogP contribution in [0.3, 0.4) is 0 Å². The number of rotatable bonds is 4. The zero-order valence-electron chi connectivity index (χ0n) is 10.6. The molecule has 0 fully saturated rings. The largest absolute Gasteiger partial charge is 0.269 e. The predicted octanol–water partition coefficient (Wildman–Crippen LogP) is 3.34. The molecule has 0 amide bonds. The molecule has 5 nitrogen and oxygen atoms in total. The van der Waals surface area contributed by atoms with Gasteiger partial charge in [-0.05, 0) is 35.9 Å². The number of hydrogen-bond donors (Lipinski definition) is 0. The number of hydrogen-bond acceptors (Lipinski definition) is 4. The molecule has 0 bridgehead atoms. The van der Waals surface area contributed by atoms with Gasteiger partial charge in [0.25, 0.3) is 5.69 Å². The number of nitrogens with zero attached hydrogens (tertiary/aromatic N) is 1. The molecule has 0 aromatic heterocycles. The molecule has 0 N–H and O–H groups in total. The van der Waals surface area contributed by atoms with Crippen LogP contribution in [0.4, 0.5) is 10.1 Å². The molecule has 0 atom stereocenters. The van der Waals surface area contributed by atoms with E-state index in [-0.39, 0.29) is 16.1 Å². The lowest BCUT2D eigenvalue weighted by Crippen LogP contribution is -2.00. The third kappa shape index (κ3) is 3.32. The van der Waals surface area contributed by atoms with Gasteiger partial charge in [-0.25, -0.2) is 8.42 Å². The molecule has 0 aliphatic carbocycles. The highest BCUT2D eigenvalue weighted by Gasteiger charge is 2.20. The standard InChI is InChI=1S/C14H10FNO4S/c15-14(21(19,20)13-4-2-1-3-5-13)10-11-6-8-12(9-7-11)16(17)18/h1-10H/b14-10-. The van der Waals surface area contributed by atoms with Crippen molar-refractivity contribution in [1.82, 2.24) is 0 Å². The molecule has 0 aliphatic rings. The van der Waals surface area contributed by atoms with Gasteiger partial charge in [-0.3, -0.25) is 10.1 Å². The molecule has 2 aromatic carbocycles. The van der Waals surface area contributed by atoms with Crippen LogP contribution in [0.5, 0.6) is 0 Å². The highest BCUT2D eigenvalue weighted by molar-refractivity contribution is 7.95. The number of benzene rings is 2. The van der Waals surface area contributed by atoms with E-state index >= 15 is 0 Å². The first-order valence-corrected chi connectivity index (χ1v) is 7.31. The molecule has 108 valence electrons. The Kier molecular flexibility index (Phi) is 4.13. The quantitative estimate of drug-likeness (QED) is 0.641. The second-order valence-electron chi connectivity index (χ2n) is 4.11. The minimum atomic E-state index is -4.20. The first kappa shape index (κ1) is 14.9. The Labute approximate surface area is 120 Å². The van der Waals surface area contributed by atoms with E-state index in [4.69, 9.17) is 0 Å². The van der Waals surface area contributed by atoms with Gasteiger partial charge in [0.2, 0.25) is 15.0 Å². The summed E-state index contributed by atoms with van der Waals surface area (Å²) in [6, 6.07) is 12.1. The van der Waals surface area contributed by atoms with Crippen molar-refractivity contribution >= 4 is 21.6 Å². The Morgan fingerprint density at radius 1 is 1.05 bits per heavy atom. The Morgan fingerprint density at radius 2 is 1.62 bits per heavy atom. The fraction of sp³-hybridized carbons (Fsp3) is 0. The lowest BCUT2D eigenvalue weighted by molar-refractivity contribution is -0.384. The fourth-order valence-electron chi connectivity index (χ4n) is 1.61. The van der Waals surface area contributed by atoms with Crippen LogP contribution in [0.2, 0.25) is 0 Å². The summed E-state index contributed by atoms with van der Waals surface area (Å²) in [5.41, 5.74) is 0.0658. The van der Waals surface area contributed by atoms with E-state index < -0.39 is 19.9 Å². The van der Waals surface area contributed by atoms with Gasteiger partial charge >= 0.3 is 0 Å². The summed E-state index contributed by atoms with van der Waals surface area (Å²) < 4.78 is 37.9. The molecule has 0 heterocycles. The van der Waals surface area contributed by atoms with E-state index in [9.17, 15) is 22.9 Å². The molecular formula is C14H10FNO4S. The van der Waals surface area contributed by atoms with Crippen molar-refractivity contribution in [2.75, 3.05) is 0 Å². The molecule has 0 aliphatic heterocycles. The molecule has 2 aromatic rings. The van der Waals surface area contributed by atoms with Crippen molar-refractivity contribution < 1.29 is 17.7 Å². The molecule has 0 saturated heterocycles. The minimum Gasteiger partial charge on any atom is -0.258 e. The van der Waals surface area contributed by atoms with Crippen molar-refractivity contribution in [1.29, 1.82) is 0 Å². The number of nitro groups is 1. The molecule has 21 heavy (non-hydrogen) atoms. The normalized spacial score (nSPS) is 12.1. The van der Waals surface area contributed by atoms with Crippen molar-refractivity contribution in [3.05, 3.63) is 75.4 Å². The molecule has 0 spiro atoms. The first-order valence-electron chi connectivity index (χ1n) is 5.83. The smallest absolute Gasteiger partial charge is 0.258 e. The molecule has 0 unspecified atom stereocenters. The van der Waals surface area contributed by atoms with Gasteiger partial charge in [0.1, 0.15) is 0 Å². The van der Waals surface area contributed by atoms with Crippen LogP contribution < -0.4 is 0 Å². The van der Waals surface area contributed by atoms with E-state index in [0.717, 1.165) is 6.08 Å². The Morgan fingerprint density at radius 3 is 2.14 bits per heavy atom. The lowest BCUT2D eigenvalue weighted by Gasteiger charge is -2.01. The van der Waals surface area contributed by atoms with Crippen molar-refractivity contribution in [3.63, 3.8) is 0 Å². The Balaban J connectivity index is 2.35. The molecule has 0 saturated carbocycles. The van der Waals surface area contributed by atoms with Gasteiger partial charge < -0.3 is 0 Å². The fourth-order valence-corrected chi connectivity index (χ4v) is 2.64. The van der Waals surface area contributed by atoms with E-state index in [1.165, 1.54) is 48.5 Å². The zero-order valence-corrected chi connectivity index (χ0v) is 11.5. The summed E-state index contributed by atoms with van der Waals surface area (Å²) in [5, 5.41) is 9.18. The third-order valence-corrected chi connectivity index (χ3v) is 4.22. The number of halogens is 1. The average molecular weight is 307 g/mol. The first-order chi connectivity index (χ1) is 9.91. The summed E-state index contributed by atoms with van der Waals surface area (Å²) in [4.78, 5) is 9.75. The summed E-state index contributed by atoms with van der Waals surface area (Å²) in [7, 11) is -4.20. The summed E-state index contributed by atoms with van der Waals surface area (Å²) >= 11 is 0. The highest BCUT2D eigenvalue weighted by atomic mass is 32.2. The second kappa shape index (κ2) is 5.84. The van der Waals surface area contributed by atoms with Crippen LogP contribution in [-0.4, -0.2) is 13.3 Å². The minimum absolute atomic E-state index is 0.152. The van der Waals surface area contributed by atoms with Gasteiger partial charge in [0.15, 0.2) is 0 Å². The van der Waals surface area contributed by atoms with Crippen LogP contribution >= 0.6 is 0 Å². The Hall–Kier alpha value is -2.54. The summed E-state index contributed by atoms with van der Waals surface area (Å²) in [6.07, 6.45) is 0.825. The number of sulfone groups is 1. The van der Waals surface area contributed by atoms with Crippen LogP contribution in [0.25, 0.3) is 6.08 Å². The molecule has 0 radical (unpaired) electrons. The monoisotopic (exact) mass is 307 g/mol. The van der Waals surface area contributed by atoms with Gasteiger partial charge in [-0.1, -0.05) is 18.2 Å². The van der Waals surface area contributed by atoms with Crippen LogP contribution in [0, 0.1) is 10.1 Å². The van der Waals surface area contributed by atoms with Crippen molar-refractivity contribution in [3.8, 4) is 0 Å². The van der Waals surface area contributed by atoms with Gasteiger partial charge in [-0.15, -0.1) is 0 Å². The lowest BCUT2D eigenvalue weighted by atomic mass is 10.2. The second-order valence-corrected chi connectivity index (χ2v) is 5.98. The van der Waals surface area contributed by atoms with Gasteiger partial charge in [0.05, 0.1) is 9.82 Å². The van der Waals surface area contributed by atoms with Gasteiger partial charge in [-0.2, -0.15) is 4.39 Å². The molecule has 7 heteroatoms. The van der Waals surface area contributed by atoms with E-state index in [1.807, 2.05) is 0 Å². The summed E-state index contributed by atoms with van der Waals surface area (Å²) in [5.74, 6) is 0. The van der Waals surface area contributed by atoms with E-state index in [1.54, 1.807) is 6.07 Å². The van der Waals surface area contributed by atoms with Crippen LogP contribution in [0.15, 0.2) is 64.7 Å². The average Bonchev–Trinajstić information content (AvgIpc) is 2.48. The SMILES string of the molecule is O=[N+]([O-])c1ccc(/C=C(/F)S(=O)(=O)c2ccccc2)cc1. The zero-order chi connectivity index (χ0) is 15.5. The summed E-state index contributed by atoms with van der Waals surface area (Å²) in [6.45, 7) is 0. The maximum Gasteiger partial charge on any atom is 0.269 e. The number of nitro benzene ring substituents is 1. The maximum atomic E-state index is 14.0. The van der Waals surface area contributed by atoms with Crippen LogP contribution in [0.1, 0.15) is 5.56 Å². The topological polar surface area (TPSA) is 77.3 Å². The van der Waals surface area contributed by atoms with Crippen molar-refractivity contribution in [2.24, 2.45) is 0 Å². The van der Waals surface area contributed by atoms with E-state index in [0.29, 0.717) is 0 Å². The van der Waals surface area contributed by atoms with Crippen LogP contribution in [-0.2, 0) is 9.84 Å². The highest BCUT2D eigenvalue weighted by Crippen LogP contribution is 2.23.